The maximum Gasteiger partial charge on any atom is 0.250 e. The zero-order chi connectivity index (χ0) is 18.8. The summed E-state index contributed by atoms with van der Waals surface area (Å²) >= 11 is 1.64. The number of para-hydroxylation sites is 1. The Morgan fingerprint density at radius 2 is 1.78 bits per heavy atom. The van der Waals surface area contributed by atoms with Crippen LogP contribution in [0.3, 0.4) is 0 Å². The first-order valence-electron chi connectivity index (χ1n) is 8.62. The number of hydrogen-bond acceptors (Lipinski definition) is 5. The Labute approximate surface area is 171 Å². The number of carbonyl (C=O) groups excluding carboxylic acids is 1. The first kappa shape index (κ1) is 23.3. The maximum absolute atomic E-state index is 11.9. The number of amides is 1. The molecule has 0 spiro atoms. The number of aliphatic hydroxyl groups excluding tert-OH is 1. The minimum Gasteiger partial charge on any atom is -0.457 e. The van der Waals surface area contributed by atoms with Crippen molar-refractivity contribution in [3.8, 4) is 11.5 Å². The van der Waals surface area contributed by atoms with Crippen LogP contribution in [0.4, 0.5) is 0 Å². The minimum absolute atomic E-state index is 0. The minimum atomic E-state index is -1.16. The molecule has 7 heteroatoms. The quantitative estimate of drug-likeness (QED) is 0.560. The third-order valence-corrected chi connectivity index (χ3v) is 4.59. The van der Waals surface area contributed by atoms with Gasteiger partial charge in [0.1, 0.15) is 17.6 Å². The second-order valence-corrected chi connectivity index (χ2v) is 6.98. The molecule has 0 aromatic heterocycles. The molecular weight excluding hydrogens is 384 g/mol. The van der Waals surface area contributed by atoms with E-state index in [4.69, 9.17) is 10.5 Å². The van der Waals surface area contributed by atoms with Crippen LogP contribution >= 0.6 is 24.2 Å². The van der Waals surface area contributed by atoms with Crippen LogP contribution < -0.4 is 15.8 Å². The molecule has 0 saturated carbocycles. The van der Waals surface area contributed by atoms with Gasteiger partial charge in [-0.2, -0.15) is 11.8 Å². The van der Waals surface area contributed by atoms with Crippen molar-refractivity contribution in [1.29, 1.82) is 0 Å². The number of nitrogens with one attached hydrogen (secondary N) is 1. The number of aliphatic hydroxyl groups is 1. The van der Waals surface area contributed by atoms with E-state index < -0.39 is 18.1 Å². The van der Waals surface area contributed by atoms with E-state index in [0.717, 1.165) is 22.8 Å². The molecule has 4 N–H and O–H groups in total. The van der Waals surface area contributed by atoms with Gasteiger partial charge in [0, 0.05) is 12.6 Å². The Hall–Kier alpha value is -1.73. The van der Waals surface area contributed by atoms with E-state index in [1.807, 2.05) is 60.9 Å². The molecule has 148 valence electrons. The number of thioether (sulfide) groups is 1. The number of carbonyl (C=O) groups is 1. The summed E-state index contributed by atoms with van der Waals surface area (Å²) < 4.78 is 5.75. The first-order valence-corrected chi connectivity index (χ1v) is 10.0. The highest BCUT2D eigenvalue weighted by Crippen LogP contribution is 2.21. The molecule has 1 amide bonds. The Bertz CT molecular complexity index is 671. The van der Waals surface area contributed by atoms with Crippen LogP contribution in [0, 0.1) is 0 Å². The van der Waals surface area contributed by atoms with E-state index in [0.29, 0.717) is 19.4 Å². The molecule has 5 nitrogen and oxygen atoms in total. The smallest absolute Gasteiger partial charge is 0.250 e. The predicted octanol–water partition coefficient (Wildman–Crippen LogP) is 3.00. The number of benzene rings is 2. The molecule has 0 aliphatic carbocycles. The average Bonchev–Trinajstić information content (AvgIpc) is 2.67. The average molecular weight is 411 g/mol. The lowest BCUT2D eigenvalue weighted by Gasteiger charge is -2.18. The van der Waals surface area contributed by atoms with Crippen molar-refractivity contribution in [2.75, 3.05) is 18.6 Å². The second kappa shape index (κ2) is 12.6. The number of nitrogens with two attached hydrogens (primary N) is 1. The monoisotopic (exact) mass is 410 g/mol. The summed E-state index contributed by atoms with van der Waals surface area (Å²) in [6.07, 6.45) is 2.08. The van der Waals surface area contributed by atoms with Crippen LogP contribution in [0.15, 0.2) is 54.6 Å². The van der Waals surface area contributed by atoms with Crippen LogP contribution in [-0.2, 0) is 11.2 Å². The van der Waals surface area contributed by atoms with E-state index in [-0.39, 0.29) is 12.4 Å². The van der Waals surface area contributed by atoms with Gasteiger partial charge in [-0.3, -0.25) is 4.79 Å². The predicted molar refractivity (Wildman–Crippen MR) is 114 cm³/mol. The van der Waals surface area contributed by atoms with E-state index in [2.05, 4.69) is 5.32 Å². The summed E-state index contributed by atoms with van der Waals surface area (Å²) in [6.45, 7) is 0.448. The highest BCUT2D eigenvalue weighted by molar-refractivity contribution is 7.98. The standard InChI is InChI=1S/C20H26N2O3S.ClH/c1-26-14-12-18(21)19(23)20(24)22-13-11-15-7-9-17(10-8-15)25-16-5-3-2-4-6-16;/h2-10,18-19,23H,11-14,21H2,1H3,(H,22,24);1H/t18-,19?;/m1./s1. The molecule has 0 heterocycles. The molecule has 27 heavy (non-hydrogen) atoms. The third kappa shape index (κ3) is 8.22. The largest absolute Gasteiger partial charge is 0.457 e. The molecule has 2 atom stereocenters. The summed E-state index contributed by atoms with van der Waals surface area (Å²) in [5.41, 5.74) is 6.90. The van der Waals surface area contributed by atoms with Crippen LogP contribution in [0.5, 0.6) is 11.5 Å². The highest BCUT2D eigenvalue weighted by atomic mass is 35.5. The molecule has 2 aromatic carbocycles. The van der Waals surface area contributed by atoms with Gasteiger partial charge in [0.05, 0.1) is 0 Å². The van der Waals surface area contributed by atoms with Gasteiger partial charge in [-0.15, -0.1) is 12.4 Å². The molecule has 0 radical (unpaired) electrons. The molecule has 0 aliphatic rings. The second-order valence-electron chi connectivity index (χ2n) is 5.99. The fraction of sp³-hybridized carbons (Fsp3) is 0.350. The Morgan fingerprint density at radius 3 is 2.41 bits per heavy atom. The molecule has 1 unspecified atom stereocenters. The Balaban J connectivity index is 0.00000364. The van der Waals surface area contributed by atoms with Gasteiger partial charge >= 0.3 is 0 Å². The van der Waals surface area contributed by atoms with E-state index in [1.54, 1.807) is 11.8 Å². The SMILES string of the molecule is CSCC[C@@H](N)C(O)C(=O)NCCc1ccc(Oc2ccccc2)cc1.Cl. The maximum atomic E-state index is 11.9. The fourth-order valence-corrected chi connectivity index (χ4v) is 2.90. The van der Waals surface area contributed by atoms with E-state index in [9.17, 15) is 9.90 Å². The highest BCUT2D eigenvalue weighted by Gasteiger charge is 2.21. The Morgan fingerprint density at radius 1 is 1.15 bits per heavy atom. The van der Waals surface area contributed by atoms with Gasteiger partial charge in [-0.25, -0.2) is 0 Å². The number of ether oxygens (including phenoxy) is 1. The van der Waals surface area contributed by atoms with Crippen molar-refractivity contribution in [2.24, 2.45) is 5.73 Å². The van der Waals surface area contributed by atoms with Gasteiger partial charge in [0.2, 0.25) is 5.91 Å². The summed E-state index contributed by atoms with van der Waals surface area (Å²) in [6, 6.07) is 16.8. The van der Waals surface area contributed by atoms with Crippen LogP contribution in [0.1, 0.15) is 12.0 Å². The van der Waals surface area contributed by atoms with Gasteiger partial charge in [0.15, 0.2) is 0 Å². The number of rotatable bonds is 10. The topological polar surface area (TPSA) is 84.6 Å². The lowest BCUT2D eigenvalue weighted by molar-refractivity contribution is -0.130. The van der Waals surface area contributed by atoms with Crippen LogP contribution in [-0.4, -0.2) is 41.7 Å². The summed E-state index contributed by atoms with van der Waals surface area (Å²) in [5.74, 6) is 1.96. The fourth-order valence-electron chi connectivity index (χ4n) is 2.39. The first-order chi connectivity index (χ1) is 12.6. The summed E-state index contributed by atoms with van der Waals surface area (Å²) in [4.78, 5) is 11.9. The molecule has 2 aromatic rings. The molecule has 2 rings (SSSR count). The van der Waals surface area contributed by atoms with Gasteiger partial charge in [-0.1, -0.05) is 30.3 Å². The van der Waals surface area contributed by atoms with Crippen molar-refractivity contribution < 1.29 is 14.6 Å². The molecule has 0 aliphatic heterocycles. The van der Waals surface area contributed by atoms with Crippen molar-refractivity contribution in [1.82, 2.24) is 5.32 Å². The lowest BCUT2D eigenvalue weighted by atomic mass is 10.1. The van der Waals surface area contributed by atoms with Crippen molar-refractivity contribution in [2.45, 2.75) is 25.0 Å². The lowest BCUT2D eigenvalue weighted by Crippen LogP contribution is -2.47. The molecule has 0 bridgehead atoms. The van der Waals surface area contributed by atoms with Crippen LogP contribution in [0.2, 0.25) is 0 Å². The number of halogens is 1. The zero-order valence-corrected chi connectivity index (χ0v) is 17.0. The van der Waals surface area contributed by atoms with E-state index in [1.165, 1.54) is 0 Å². The molecular formula is C20H27ClN2O3S. The van der Waals surface area contributed by atoms with Crippen molar-refractivity contribution in [3.05, 3.63) is 60.2 Å². The summed E-state index contributed by atoms with van der Waals surface area (Å²) in [5, 5.41) is 12.7. The van der Waals surface area contributed by atoms with Gasteiger partial charge in [0.25, 0.3) is 0 Å². The van der Waals surface area contributed by atoms with E-state index >= 15 is 0 Å². The Kier molecular flexibility index (Phi) is 10.9. The van der Waals surface area contributed by atoms with Gasteiger partial charge < -0.3 is 20.9 Å². The van der Waals surface area contributed by atoms with Gasteiger partial charge in [-0.05, 0) is 54.7 Å². The third-order valence-electron chi connectivity index (χ3n) is 3.94. The molecule has 0 saturated heterocycles. The molecule has 0 fully saturated rings. The van der Waals surface area contributed by atoms with Crippen LogP contribution in [0.25, 0.3) is 0 Å². The summed E-state index contributed by atoms with van der Waals surface area (Å²) in [7, 11) is 0. The normalized spacial score (nSPS) is 12.6. The van der Waals surface area contributed by atoms with Crippen molar-refractivity contribution >= 4 is 30.1 Å². The number of hydrogen-bond donors (Lipinski definition) is 3. The zero-order valence-electron chi connectivity index (χ0n) is 15.3. The van der Waals surface area contributed by atoms with Crippen molar-refractivity contribution in [3.63, 3.8) is 0 Å².